The van der Waals surface area contributed by atoms with Gasteiger partial charge >= 0.3 is 0 Å². The van der Waals surface area contributed by atoms with Gasteiger partial charge < -0.3 is 10.9 Å². The van der Waals surface area contributed by atoms with Crippen molar-refractivity contribution >= 4 is 6.21 Å². The minimum Gasteiger partial charge on any atom is -0.389 e. The molecule has 3 heteroatoms. The number of allylic oxidation sites excluding steroid dienone is 3. The number of hydrogen-bond acceptors (Lipinski definition) is 3. The Hall–Kier alpha value is -1.09. The summed E-state index contributed by atoms with van der Waals surface area (Å²) in [4.78, 5) is 0. The smallest absolute Gasteiger partial charge is 0.0695 e. The topological polar surface area (TPSA) is 58.6 Å². The molecule has 0 aromatic heterocycles. The van der Waals surface area contributed by atoms with E-state index in [0.29, 0.717) is 0 Å². The zero-order chi connectivity index (χ0) is 10.3. The third kappa shape index (κ3) is 5.20. The zero-order valence-corrected chi connectivity index (χ0v) is 8.49. The number of nitrogens with two attached hydrogens (primary N) is 1. The molecule has 0 saturated heterocycles. The molecule has 0 saturated carbocycles. The molecule has 0 aromatic rings. The molecule has 0 aliphatic rings. The third-order valence-electron chi connectivity index (χ3n) is 1.74. The first kappa shape index (κ1) is 11.9. The van der Waals surface area contributed by atoms with Gasteiger partial charge in [-0.15, -0.1) is 0 Å². The minimum absolute atomic E-state index is 0.414. The molecule has 0 heterocycles. The zero-order valence-electron chi connectivity index (χ0n) is 8.49. The second kappa shape index (κ2) is 6.43. The Labute approximate surface area is 79.6 Å². The molecule has 1 unspecified atom stereocenters. The van der Waals surface area contributed by atoms with E-state index >= 15 is 0 Å². The summed E-state index contributed by atoms with van der Waals surface area (Å²) in [6.07, 6.45) is 5.72. The second-order valence-corrected chi connectivity index (χ2v) is 2.94. The highest BCUT2D eigenvalue weighted by Gasteiger charge is 1.94. The Morgan fingerprint density at radius 2 is 2.23 bits per heavy atom. The van der Waals surface area contributed by atoms with Gasteiger partial charge in [-0.1, -0.05) is 19.1 Å². The lowest BCUT2D eigenvalue weighted by atomic mass is 10.1. The normalized spacial score (nSPS) is 16.6. The van der Waals surface area contributed by atoms with Crippen molar-refractivity contribution in [2.75, 3.05) is 0 Å². The number of hydrazone groups is 1. The van der Waals surface area contributed by atoms with Gasteiger partial charge in [0.2, 0.25) is 0 Å². The lowest BCUT2D eigenvalue weighted by Crippen LogP contribution is -1.94. The van der Waals surface area contributed by atoms with E-state index in [1.807, 2.05) is 19.9 Å². The van der Waals surface area contributed by atoms with Crippen LogP contribution in [0.4, 0.5) is 0 Å². The molecule has 3 nitrogen and oxygen atoms in total. The van der Waals surface area contributed by atoms with Crippen molar-refractivity contribution in [3.05, 3.63) is 23.3 Å². The molecule has 0 radical (unpaired) electrons. The quantitative estimate of drug-likeness (QED) is 0.300. The summed E-state index contributed by atoms with van der Waals surface area (Å²) >= 11 is 0. The SMILES string of the molecule is CCC(/C=N\N)=C(C)\C=C/C(C)O. The molecule has 0 amide bonds. The summed E-state index contributed by atoms with van der Waals surface area (Å²) in [6, 6.07) is 0. The predicted octanol–water partition coefficient (Wildman–Crippen LogP) is 1.59. The fraction of sp³-hybridized carbons (Fsp3) is 0.500. The van der Waals surface area contributed by atoms with Crippen molar-refractivity contribution in [3.63, 3.8) is 0 Å². The molecule has 0 fully saturated rings. The maximum atomic E-state index is 9.02. The van der Waals surface area contributed by atoms with Crippen LogP contribution in [-0.2, 0) is 0 Å². The molecule has 0 rings (SSSR count). The molecule has 13 heavy (non-hydrogen) atoms. The van der Waals surface area contributed by atoms with E-state index in [9.17, 15) is 0 Å². The van der Waals surface area contributed by atoms with Crippen molar-refractivity contribution in [1.29, 1.82) is 0 Å². The van der Waals surface area contributed by atoms with Gasteiger partial charge in [0.1, 0.15) is 0 Å². The average molecular weight is 182 g/mol. The van der Waals surface area contributed by atoms with Gasteiger partial charge in [-0.25, -0.2) is 0 Å². The third-order valence-corrected chi connectivity index (χ3v) is 1.74. The fourth-order valence-electron chi connectivity index (χ4n) is 0.953. The van der Waals surface area contributed by atoms with Gasteiger partial charge in [-0.2, -0.15) is 5.10 Å². The highest BCUT2D eigenvalue weighted by atomic mass is 16.3. The first-order valence-electron chi connectivity index (χ1n) is 4.41. The van der Waals surface area contributed by atoms with Crippen LogP contribution in [0.5, 0.6) is 0 Å². The monoisotopic (exact) mass is 182 g/mol. The molecule has 1 atom stereocenters. The van der Waals surface area contributed by atoms with Crippen LogP contribution in [0.1, 0.15) is 27.2 Å². The fourth-order valence-corrected chi connectivity index (χ4v) is 0.953. The molecule has 0 bridgehead atoms. The highest BCUT2D eigenvalue weighted by molar-refractivity contribution is 5.79. The number of nitrogens with zero attached hydrogens (tertiary/aromatic N) is 1. The average Bonchev–Trinajstić information content (AvgIpc) is 2.10. The Morgan fingerprint density at radius 1 is 1.62 bits per heavy atom. The van der Waals surface area contributed by atoms with Gasteiger partial charge in [-0.05, 0) is 31.4 Å². The standard InChI is InChI=1S/C10H18N2O/c1-4-10(7-12-11)8(2)5-6-9(3)13/h5-7,9,13H,4,11H2,1-3H3/b6-5-,10-8+,12-7-. The first-order chi connectivity index (χ1) is 6.11. The molecule has 74 valence electrons. The van der Waals surface area contributed by atoms with Crippen LogP contribution in [0, 0.1) is 0 Å². The minimum atomic E-state index is -0.414. The van der Waals surface area contributed by atoms with Crippen LogP contribution >= 0.6 is 0 Å². The molecule has 0 aliphatic heterocycles. The van der Waals surface area contributed by atoms with Crippen molar-refractivity contribution in [3.8, 4) is 0 Å². The van der Waals surface area contributed by atoms with Gasteiger partial charge in [0.05, 0.1) is 6.10 Å². The van der Waals surface area contributed by atoms with Crippen LogP contribution in [0.25, 0.3) is 0 Å². The maximum Gasteiger partial charge on any atom is 0.0695 e. The molecular formula is C10H18N2O. The van der Waals surface area contributed by atoms with Gasteiger partial charge in [0.25, 0.3) is 0 Å². The van der Waals surface area contributed by atoms with Crippen LogP contribution in [0.2, 0.25) is 0 Å². The van der Waals surface area contributed by atoms with Gasteiger partial charge in [-0.3, -0.25) is 0 Å². The predicted molar refractivity (Wildman–Crippen MR) is 56.5 cm³/mol. The van der Waals surface area contributed by atoms with E-state index in [0.717, 1.165) is 17.6 Å². The summed E-state index contributed by atoms with van der Waals surface area (Å²) in [5.41, 5.74) is 2.16. The molecule has 0 aromatic carbocycles. The molecule has 0 aliphatic carbocycles. The largest absolute Gasteiger partial charge is 0.389 e. The van der Waals surface area contributed by atoms with Crippen LogP contribution in [-0.4, -0.2) is 17.4 Å². The Bertz CT molecular complexity index is 227. The Morgan fingerprint density at radius 3 is 2.62 bits per heavy atom. The second-order valence-electron chi connectivity index (χ2n) is 2.94. The Kier molecular flexibility index (Phi) is 5.89. The number of rotatable bonds is 4. The first-order valence-corrected chi connectivity index (χ1v) is 4.41. The Balaban J connectivity index is 4.56. The van der Waals surface area contributed by atoms with Crippen LogP contribution in [0.3, 0.4) is 0 Å². The number of aliphatic hydroxyl groups excluding tert-OH is 1. The van der Waals surface area contributed by atoms with Gasteiger partial charge in [0.15, 0.2) is 0 Å². The number of aliphatic hydroxyl groups is 1. The van der Waals surface area contributed by atoms with Crippen molar-refractivity contribution in [2.24, 2.45) is 10.9 Å². The highest BCUT2D eigenvalue weighted by Crippen LogP contribution is 2.07. The molecule has 3 N–H and O–H groups in total. The van der Waals surface area contributed by atoms with E-state index in [4.69, 9.17) is 10.9 Å². The van der Waals surface area contributed by atoms with Crippen molar-refractivity contribution < 1.29 is 5.11 Å². The molecular weight excluding hydrogens is 164 g/mol. The van der Waals surface area contributed by atoms with Crippen LogP contribution < -0.4 is 5.84 Å². The summed E-state index contributed by atoms with van der Waals surface area (Å²) in [5.74, 6) is 5.06. The van der Waals surface area contributed by atoms with E-state index in [2.05, 4.69) is 5.10 Å². The molecule has 0 spiro atoms. The van der Waals surface area contributed by atoms with E-state index < -0.39 is 6.10 Å². The van der Waals surface area contributed by atoms with Crippen molar-refractivity contribution in [2.45, 2.75) is 33.3 Å². The lowest BCUT2D eigenvalue weighted by molar-refractivity contribution is 0.244. The van der Waals surface area contributed by atoms with Crippen molar-refractivity contribution in [1.82, 2.24) is 0 Å². The number of hydrogen-bond donors (Lipinski definition) is 2. The van der Waals surface area contributed by atoms with Crippen LogP contribution in [0.15, 0.2) is 28.4 Å². The summed E-state index contributed by atoms with van der Waals surface area (Å²) in [5, 5.41) is 12.5. The van der Waals surface area contributed by atoms with E-state index in [1.165, 1.54) is 0 Å². The van der Waals surface area contributed by atoms with E-state index in [-0.39, 0.29) is 0 Å². The lowest BCUT2D eigenvalue weighted by Gasteiger charge is -2.00. The summed E-state index contributed by atoms with van der Waals surface area (Å²) in [6.45, 7) is 5.72. The summed E-state index contributed by atoms with van der Waals surface area (Å²) in [7, 11) is 0. The maximum absolute atomic E-state index is 9.02. The van der Waals surface area contributed by atoms with Gasteiger partial charge in [0, 0.05) is 6.21 Å². The van der Waals surface area contributed by atoms with E-state index in [1.54, 1.807) is 19.2 Å². The summed E-state index contributed by atoms with van der Waals surface area (Å²) < 4.78 is 0.